The molecule has 20 heavy (non-hydrogen) atoms. The first kappa shape index (κ1) is 14.8. The standard InChI is InChI=1S/C13H14F3N3S/c14-13(15,16)8-4-5-9-19-11(17-18-12(19)20)10-6-2-1-3-7-10/h1-3,6-7H,4-5,8-9H2,(H,18,20). The molecular formula is C13H14F3N3S. The molecule has 1 heterocycles. The lowest BCUT2D eigenvalue weighted by molar-refractivity contribution is -0.135. The van der Waals surface area contributed by atoms with E-state index >= 15 is 0 Å². The van der Waals surface area contributed by atoms with E-state index in [-0.39, 0.29) is 6.42 Å². The van der Waals surface area contributed by atoms with E-state index in [0.717, 1.165) is 5.56 Å². The van der Waals surface area contributed by atoms with Gasteiger partial charge in [-0.1, -0.05) is 30.3 Å². The van der Waals surface area contributed by atoms with E-state index in [0.29, 0.717) is 23.6 Å². The van der Waals surface area contributed by atoms with Crippen LogP contribution in [0.15, 0.2) is 30.3 Å². The van der Waals surface area contributed by atoms with Gasteiger partial charge in [0.05, 0.1) is 0 Å². The topological polar surface area (TPSA) is 33.6 Å². The Morgan fingerprint density at radius 2 is 1.85 bits per heavy atom. The fourth-order valence-electron chi connectivity index (χ4n) is 1.93. The number of H-pyrrole nitrogens is 1. The number of hydrogen-bond acceptors (Lipinski definition) is 2. The van der Waals surface area contributed by atoms with Crippen molar-refractivity contribution < 1.29 is 13.2 Å². The summed E-state index contributed by atoms with van der Waals surface area (Å²) in [6, 6.07) is 9.41. The minimum absolute atomic E-state index is 0.0880. The molecule has 0 bridgehead atoms. The van der Waals surface area contributed by atoms with Crippen LogP contribution >= 0.6 is 12.2 Å². The highest BCUT2D eigenvalue weighted by molar-refractivity contribution is 7.71. The number of aromatic amines is 1. The van der Waals surface area contributed by atoms with Gasteiger partial charge < -0.3 is 4.57 Å². The summed E-state index contributed by atoms with van der Waals surface area (Å²) in [4.78, 5) is 0. The summed E-state index contributed by atoms with van der Waals surface area (Å²) in [5.41, 5.74) is 0.885. The highest BCUT2D eigenvalue weighted by Gasteiger charge is 2.25. The second-order valence-corrected chi connectivity index (χ2v) is 4.83. The lowest BCUT2D eigenvalue weighted by atomic mass is 10.2. The summed E-state index contributed by atoms with van der Waals surface area (Å²) >= 11 is 5.12. The van der Waals surface area contributed by atoms with Crippen LogP contribution in [0.1, 0.15) is 19.3 Å². The number of benzene rings is 1. The van der Waals surface area contributed by atoms with Crippen molar-refractivity contribution >= 4 is 12.2 Å². The lowest BCUT2D eigenvalue weighted by Crippen LogP contribution is -2.08. The average molecular weight is 301 g/mol. The van der Waals surface area contributed by atoms with Gasteiger partial charge in [0, 0.05) is 18.5 Å². The van der Waals surface area contributed by atoms with Crippen LogP contribution in [0.5, 0.6) is 0 Å². The normalized spacial score (nSPS) is 11.8. The van der Waals surface area contributed by atoms with Crippen molar-refractivity contribution in [3.63, 3.8) is 0 Å². The van der Waals surface area contributed by atoms with E-state index in [2.05, 4.69) is 10.2 Å². The minimum atomic E-state index is -4.10. The number of hydrogen-bond donors (Lipinski definition) is 1. The summed E-state index contributed by atoms with van der Waals surface area (Å²) in [6.07, 6.45) is -4.36. The Labute approximate surface area is 119 Å². The molecule has 1 aromatic carbocycles. The Morgan fingerprint density at radius 3 is 2.50 bits per heavy atom. The maximum atomic E-state index is 12.1. The van der Waals surface area contributed by atoms with E-state index in [1.807, 2.05) is 30.3 Å². The van der Waals surface area contributed by atoms with Crippen molar-refractivity contribution in [3.8, 4) is 11.4 Å². The SMILES string of the molecule is FC(F)(F)CCCCn1c(-c2ccccc2)n[nH]c1=S. The maximum Gasteiger partial charge on any atom is 0.389 e. The molecule has 0 unspecified atom stereocenters. The zero-order valence-electron chi connectivity index (χ0n) is 10.7. The third-order valence-corrected chi connectivity index (χ3v) is 3.19. The lowest BCUT2D eigenvalue weighted by Gasteiger charge is -2.08. The molecule has 0 spiro atoms. The number of unbranched alkanes of at least 4 members (excludes halogenated alkanes) is 1. The Kier molecular flexibility index (Phi) is 4.59. The first-order valence-electron chi connectivity index (χ1n) is 6.25. The molecular weight excluding hydrogens is 287 g/mol. The van der Waals surface area contributed by atoms with Gasteiger partial charge in [-0.15, -0.1) is 0 Å². The van der Waals surface area contributed by atoms with E-state index in [1.165, 1.54) is 0 Å². The Bertz CT molecular complexity index is 601. The van der Waals surface area contributed by atoms with Gasteiger partial charge in [0.25, 0.3) is 0 Å². The van der Waals surface area contributed by atoms with E-state index in [9.17, 15) is 13.2 Å². The molecule has 0 aliphatic rings. The monoisotopic (exact) mass is 301 g/mol. The zero-order valence-corrected chi connectivity index (χ0v) is 11.5. The molecule has 0 atom stereocenters. The molecule has 1 N–H and O–H groups in total. The molecule has 108 valence electrons. The van der Waals surface area contributed by atoms with E-state index < -0.39 is 12.6 Å². The number of halogens is 3. The number of nitrogens with zero attached hydrogens (tertiary/aromatic N) is 2. The molecule has 0 aliphatic carbocycles. The highest BCUT2D eigenvalue weighted by atomic mass is 32.1. The van der Waals surface area contributed by atoms with Gasteiger partial charge in [-0.05, 0) is 25.1 Å². The van der Waals surface area contributed by atoms with Crippen molar-refractivity contribution in [1.82, 2.24) is 14.8 Å². The number of nitrogens with one attached hydrogen (secondary N) is 1. The van der Waals surface area contributed by atoms with Crippen molar-refractivity contribution in [3.05, 3.63) is 35.1 Å². The van der Waals surface area contributed by atoms with Crippen molar-refractivity contribution in [2.75, 3.05) is 0 Å². The van der Waals surface area contributed by atoms with Crippen LogP contribution in [0.4, 0.5) is 13.2 Å². The second-order valence-electron chi connectivity index (χ2n) is 4.44. The van der Waals surface area contributed by atoms with Crippen LogP contribution < -0.4 is 0 Å². The molecule has 1 aromatic heterocycles. The third-order valence-electron chi connectivity index (χ3n) is 2.88. The van der Waals surface area contributed by atoms with Crippen molar-refractivity contribution in [1.29, 1.82) is 0 Å². The summed E-state index contributed by atoms with van der Waals surface area (Å²) in [6.45, 7) is 0.426. The average Bonchev–Trinajstić information content (AvgIpc) is 2.76. The summed E-state index contributed by atoms with van der Waals surface area (Å²) in [5, 5.41) is 6.82. The molecule has 2 rings (SSSR count). The van der Waals surface area contributed by atoms with Crippen LogP contribution in [0.3, 0.4) is 0 Å². The third kappa shape index (κ3) is 3.93. The highest BCUT2D eigenvalue weighted by Crippen LogP contribution is 2.23. The van der Waals surface area contributed by atoms with Gasteiger partial charge in [0.15, 0.2) is 10.6 Å². The van der Waals surface area contributed by atoms with Crippen molar-refractivity contribution in [2.24, 2.45) is 0 Å². The summed E-state index contributed by atoms with van der Waals surface area (Å²) < 4.78 is 38.5. The predicted molar refractivity (Wildman–Crippen MR) is 72.8 cm³/mol. The predicted octanol–water partition coefficient (Wildman–Crippen LogP) is 4.34. The van der Waals surface area contributed by atoms with Crippen LogP contribution in [0.2, 0.25) is 0 Å². The molecule has 0 saturated carbocycles. The second kappa shape index (κ2) is 6.21. The zero-order chi connectivity index (χ0) is 14.6. The van der Waals surface area contributed by atoms with Crippen molar-refractivity contribution in [2.45, 2.75) is 32.0 Å². The van der Waals surface area contributed by atoms with E-state index in [4.69, 9.17) is 12.2 Å². The number of rotatable bonds is 5. The molecule has 3 nitrogen and oxygen atoms in total. The summed E-state index contributed by atoms with van der Waals surface area (Å²) in [5.74, 6) is 0.655. The molecule has 0 saturated heterocycles. The van der Waals surface area contributed by atoms with Crippen LogP contribution in [-0.2, 0) is 6.54 Å². The molecule has 0 aliphatic heterocycles. The van der Waals surface area contributed by atoms with Gasteiger partial charge in [-0.25, -0.2) is 0 Å². The van der Waals surface area contributed by atoms with Crippen LogP contribution in [0, 0.1) is 4.77 Å². The van der Waals surface area contributed by atoms with Gasteiger partial charge in [0.2, 0.25) is 0 Å². The van der Waals surface area contributed by atoms with Gasteiger partial charge in [0.1, 0.15) is 0 Å². The first-order valence-corrected chi connectivity index (χ1v) is 6.65. The smallest absolute Gasteiger partial charge is 0.300 e. The van der Waals surface area contributed by atoms with Gasteiger partial charge >= 0.3 is 6.18 Å². The minimum Gasteiger partial charge on any atom is -0.300 e. The summed E-state index contributed by atoms with van der Waals surface area (Å²) in [7, 11) is 0. The first-order chi connectivity index (χ1) is 9.47. The Hall–Kier alpha value is -1.63. The quantitative estimate of drug-likeness (QED) is 0.658. The molecule has 0 fully saturated rings. The molecule has 7 heteroatoms. The number of alkyl halides is 3. The van der Waals surface area contributed by atoms with Crippen LogP contribution in [-0.4, -0.2) is 20.9 Å². The fraction of sp³-hybridized carbons (Fsp3) is 0.385. The Balaban J connectivity index is 2.05. The van der Waals surface area contributed by atoms with Gasteiger partial charge in [-0.3, -0.25) is 5.10 Å². The Morgan fingerprint density at radius 1 is 1.15 bits per heavy atom. The molecule has 2 aromatic rings. The maximum absolute atomic E-state index is 12.1. The van der Waals surface area contributed by atoms with Gasteiger partial charge in [-0.2, -0.15) is 18.3 Å². The fourth-order valence-corrected chi connectivity index (χ4v) is 2.15. The number of aromatic nitrogens is 3. The van der Waals surface area contributed by atoms with E-state index in [1.54, 1.807) is 4.57 Å². The van der Waals surface area contributed by atoms with Crippen LogP contribution in [0.25, 0.3) is 11.4 Å². The largest absolute Gasteiger partial charge is 0.389 e. The molecule has 0 radical (unpaired) electrons. The molecule has 0 amide bonds.